The van der Waals surface area contributed by atoms with Crippen LogP contribution in [-0.4, -0.2) is 19.5 Å². The third kappa shape index (κ3) is 5.54. The van der Waals surface area contributed by atoms with Crippen molar-refractivity contribution in [1.82, 2.24) is 19.5 Å². The summed E-state index contributed by atoms with van der Waals surface area (Å²) in [6.45, 7) is 0. The minimum absolute atomic E-state index is 0.530. The maximum atomic E-state index is 7.01. The average Bonchev–Trinajstić information content (AvgIpc) is 4.05. The zero-order valence-corrected chi connectivity index (χ0v) is 35.6. The van der Waals surface area contributed by atoms with E-state index in [0.29, 0.717) is 17.5 Å². The van der Waals surface area contributed by atoms with Gasteiger partial charge in [0.1, 0.15) is 11.2 Å². The van der Waals surface area contributed by atoms with Crippen LogP contribution in [0.2, 0.25) is 0 Å². The van der Waals surface area contributed by atoms with Crippen LogP contribution in [0.5, 0.6) is 0 Å². The van der Waals surface area contributed by atoms with Gasteiger partial charge in [-0.15, -0.1) is 11.3 Å². The molecular formula is C59H34N4OS. The molecule has 4 aromatic heterocycles. The van der Waals surface area contributed by atoms with Crippen molar-refractivity contribution in [3.8, 4) is 51.0 Å². The molecule has 5 nitrogen and oxygen atoms in total. The van der Waals surface area contributed by atoms with Gasteiger partial charge in [0.05, 0.1) is 22.3 Å². The fourth-order valence-electron chi connectivity index (χ4n) is 10.1. The molecule has 0 aliphatic carbocycles. The minimum atomic E-state index is 0.530. The summed E-state index contributed by atoms with van der Waals surface area (Å²) >= 11 is 1.79. The predicted molar refractivity (Wildman–Crippen MR) is 271 cm³/mol. The second-order valence-corrected chi connectivity index (χ2v) is 17.8. The molecule has 0 saturated heterocycles. The van der Waals surface area contributed by atoms with Crippen LogP contribution in [0.4, 0.5) is 0 Å². The molecule has 0 amide bonds. The van der Waals surface area contributed by atoms with Gasteiger partial charge in [0.15, 0.2) is 17.5 Å². The zero-order chi connectivity index (χ0) is 42.6. The lowest BCUT2D eigenvalue weighted by atomic mass is 10.0. The maximum Gasteiger partial charge on any atom is 0.170 e. The molecule has 0 fully saturated rings. The van der Waals surface area contributed by atoms with Gasteiger partial charge in [-0.05, 0) is 87.3 Å². The monoisotopic (exact) mass is 846 g/mol. The van der Waals surface area contributed by atoms with Crippen molar-refractivity contribution in [2.24, 2.45) is 0 Å². The number of thiophene rings is 1. The smallest absolute Gasteiger partial charge is 0.170 e. The molecule has 0 unspecified atom stereocenters. The van der Waals surface area contributed by atoms with Gasteiger partial charge in [-0.25, -0.2) is 15.0 Å². The Hall–Kier alpha value is -8.45. The van der Waals surface area contributed by atoms with E-state index in [0.717, 1.165) is 71.9 Å². The number of benzene rings is 10. The first-order chi connectivity index (χ1) is 32.2. The molecule has 0 atom stereocenters. The number of rotatable bonds is 5. The maximum absolute atomic E-state index is 7.01. The summed E-state index contributed by atoms with van der Waals surface area (Å²) in [5.41, 5.74) is 9.48. The highest BCUT2D eigenvalue weighted by molar-refractivity contribution is 7.25. The van der Waals surface area contributed by atoms with Crippen molar-refractivity contribution in [2.75, 3.05) is 0 Å². The molecule has 0 spiro atoms. The Kier molecular flexibility index (Phi) is 7.79. The summed E-state index contributed by atoms with van der Waals surface area (Å²) < 4.78 is 11.8. The topological polar surface area (TPSA) is 56.7 Å². The van der Waals surface area contributed by atoms with Crippen molar-refractivity contribution in [2.45, 2.75) is 0 Å². The van der Waals surface area contributed by atoms with Crippen LogP contribution in [0.15, 0.2) is 211 Å². The molecule has 14 rings (SSSR count). The zero-order valence-electron chi connectivity index (χ0n) is 34.7. The normalized spacial score (nSPS) is 12.0. The second-order valence-electron chi connectivity index (χ2n) is 16.7. The Labute approximate surface area is 376 Å². The van der Waals surface area contributed by atoms with Gasteiger partial charge in [-0.1, -0.05) is 152 Å². The Morgan fingerprint density at radius 1 is 0.385 bits per heavy atom. The fraction of sp³-hybridized carbons (Fsp3) is 0. The van der Waals surface area contributed by atoms with E-state index in [4.69, 9.17) is 19.4 Å². The van der Waals surface area contributed by atoms with Gasteiger partial charge in [-0.2, -0.15) is 0 Å². The third-order valence-electron chi connectivity index (χ3n) is 13.0. The van der Waals surface area contributed by atoms with Crippen molar-refractivity contribution in [3.05, 3.63) is 206 Å². The summed E-state index contributed by atoms with van der Waals surface area (Å²) in [7, 11) is 0. The van der Waals surface area contributed by atoms with E-state index in [1.807, 2.05) is 18.2 Å². The van der Waals surface area contributed by atoms with Crippen molar-refractivity contribution in [3.63, 3.8) is 0 Å². The standard InChI is InChI=1S/C59H34N4OS/c1-2-14-35(15-3-1)37-19-12-20-40(32-37)57-60-58(45-24-13-27-52-54(45)44-23-9-11-26-51(44)65-52)62-59(61-57)55-48(31-29-43-42-22-8-10-25-50(42)64-56(43)55)63-47-30-28-36-16-6-7-21-41(36)53(47)46-33-38-17-4-5-18-39(38)34-49(46)63/h1-34H. The average molecular weight is 847 g/mol. The Balaban J connectivity index is 1.13. The van der Waals surface area contributed by atoms with E-state index in [2.05, 4.69) is 193 Å². The number of hydrogen-bond donors (Lipinski definition) is 0. The van der Waals surface area contributed by atoms with E-state index >= 15 is 0 Å². The van der Waals surface area contributed by atoms with Crippen molar-refractivity contribution >= 4 is 96.8 Å². The van der Waals surface area contributed by atoms with Gasteiger partial charge in [-0.3, -0.25) is 0 Å². The number of fused-ring (bicyclic) bond motifs is 12. The Bertz CT molecular complexity index is 4260. The molecule has 14 aromatic rings. The molecule has 4 heterocycles. The molecule has 0 bridgehead atoms. The summed E-state index contributed by atoms with van der Waals surface area (Å²) in [5.74, 6) is 1.71. The van der Waals surface area contributed by atoms with Gasteiger partial charge in [0, 0.05) is 52.8 Å². The van der Waals surface area contributed by atoms with Gasteiger partial charge < -0.3 is 8.98 Å². The largest absolute Gasteiger partial charge is 0.455 e. The highest BCUT2D eigenvalue weighted by Gasteiger charge is 2.26. The summed E-state index contributed by atoms with van der Waals surface area (Å²) in [4.78, 5) is 16.5. The molecule has 0 aliphatic rings. The number of aromatic nitrogens is 4. The SMILES string of the molecule is c1ccc(-c2cccc(-c3nc(-c4c(-n5c6cc7ccccc7cc6c6c7ccccc7ccc65)ccc5c4oc4ccccc45)nc(-c4cccc5sc6ccccc6c45)n3)c2)cc1. The molecule has 65 heavy (non-hydrogen) atoms. The number of furan rings is 1. The van der Waals surface area contributed by atoms with Crippen LogP contribution in [0.25, 0.3) is 136 Å². The van der Waals surface area contributed by atoms with E-state index in [-0.39, 0.29) is 0 Å². The van der Waals surface area contributed by atoms with Crippen LogP contribution in [-0.2, 0) is 0 Å². The lowest BCUT2D eigenvalue weighted by molar-refractivity contribution is 0.669. The highest BCUT2D eigenvalue weighted by Crippen LogP contribution is 2.46. The first-order valence-electron chi connectivity index (χ1n) is 21.8. The summed E-state index contributed by atoms with van der Waals surface area (Å²) in [5, 5.41) is 11.5. The molecule has 6 heteroatoms. The summed E-state index contributed by atoms with van der Waals surface area (Å²) in [6, 6.07) is 73.2. The Morgan fingerprint density at radius 2 is 1.06 bits per heavy atom. The van der Waals surface area contributed by atoms with E-state index in [1.165, 1.54) is 47.1 Å². The van der Waals surface area contributed by atoms with Crippen LogP contribution < -0.4 is 0 Å². The first-order valence-corrected chi connectivity index (χ1v) is 22.7. The van der Waals surface area contributed by atoms with Crippen LogP contribution >= 0.6 is 11.3 Å². The van der Waals surface area contributed by atoms with Gasteiger partial charge in [0.25, 0.3) is 0 Å². The molecular weight excluding hydrogens is 813 g/mol. The van der Waals surface area contributed by atoms with Crippen LogP contribution in [0, 0.1) is 0 Å². The molecule has 0 saturated carbocycles. The molecule has 10 aromatic carbocycles. The molecule has 302 valence electrons. The minimum Gasteiger partial charge on any atom is -0.455 e. The quantitative estimate of drug-likeness (QED) is 0.173. The summed E-state index contributed by atoms with van der Waals surface area (Å²) in [6.07, 6.45) is 0. The highest BCUT2D eigenvalue weighted by atomic mass is 32.1. The van der Waals surface area contributed by atoms with E-state index < -0.39 is 0 Å². The molecule has 0 radical (unpaired) electrons. The Morgan fingerprint density at radius 3 is 1.95 bits per heavy atom. The predicted octanol–water partition coefficient (Wildman–Crippen LogP) is 16.2. The molecule has 0 N–H and O–H groups in total. The van der Waals surface area contributed by atoms with Gasteiger partial charge in [0.2, 0.25) is 0 Å². The van der Waals surface area contributed by atoms with Crippen LogP contribution in [0.1, 0.15) is 0 Å². The van der Waals surface area contributed by atoms with Gasteiger partial charge >= 0.3 is 0 Å². The lowest BCUT2D eigenvalue weighted by Crippen LogP contribution is -2.04. The first kappa shape index (κ1) is 36.1. The number of nitrogens with zero attached hydrogens (tertiary/aromatic N) is 4. The van der Waals surface area contributed by atoms with Crippen molar-refractivity contribution in [1.29, 1.82) is 0 Å². The lowest BCUT2D eigenvalue weighted by Gasteiger charge is -2.16. The number of hydrogen-bond acceptors (Lipinski definition) is 5. The second kappa shape index (κ2) is 14.0. The van der Waals surface area contributed by atoms with E-state index in [1.54, 1.807) is 11.3 Å². The third-order valence-corrected chi connectivity index (χ3v) is 14.2. The van der Waals surface area contributed by atoms with Crippen LogP contribution in [0.3, 0.4) is 0 Å². The van der Waals surface area contributed by atoms with Crippen molar-refractivity contribution < 1.29 is 4.42 Å². The molecule has 0 aliphatic heterocycles. The number of para-hydroxylation sites is 1. The fourth-order valence-corrected chi connectivity index (χ4v) is 11.2. The van der Waals surface area contributed by atoms with E-state index in [9.17, 15) is 0 Å².